The van der Waals surface area contributed by atoms with E-state index in [9.17, 15) is 19.2 Å². The molecule has 2 heterocycles. The van der Waals surface area contributed by atoms with E-state index in [1.165, 1.54) is 35.2 Å². The van der Waals surface area contributed by atoms with E-state index in [0.29, 0.717) is 16.9 Å². The molecule has 1 aromatic heterocycles. The van der Waals surface area contributed by atoms with Crippen molar-refractivity contribution in [2.45, 2.75) is 19.1 Å². The molecule has 2 N–H and O–H groups in total. The van der Waals surface area contributed by atoms with Crippen molar-refractivity contribution in [1.29, 1.82) is 0 Å². The number of amides is 2. The van der Waals surface area contributed by atoms with Gasteiger partial charge < -0.3 is 24.4 Å². The largest absolute Gasteiger partial charge is 0.497 e. The number of rotatable bonds is 7. The van der Waals surface area contributed by atoms with Gasteiger partial charge in [0.1, 0.15) is 5.75 Å². The Morgan fingerprint density at radius 1 is 1.26 bits per heavy atom. The number of aromatic nitrogens is 2. The third kappa shape index (κ3) is 5.38. The minimum atomic E-state index is -2.68. The van der Waals surface area contributed by atoms with Crippen molar-refractivity contribution in [2.24, 2.45) is 0 Å². The predicted molar refractivity (Wildman–Crippen MR) is 122 cm³/mol. The number of carbonyl (C=O) groups excluding carboxylic acids is 3. The summed E-state index contributed by atoms with van der Waals surface area (Å²) >= 11 is 0. The SMILES string of the molecule is [2H]C([2H])([2H])Oc1cccc(N2CCO[C@H]([C@@H](OC(C)=O)C(=O)Nc3ccc(-c4noc(=O)[nH]4)cc3)C2=O)c1. The average Bonchev–Trinajstić information content (AvgIpc) is 3.28. The topological polar surface area (TPSA) is 153 Å². The van der Waals surface area contributed by atoms with Crippen LogP contribution in [0.5, 0.6) is 5.75 Å². The maximum absolute atomic E-state index is 13.3. The number of morpholine rings is 1. The normalized spacial score (nSPS) is 18.1. The molecule has 0 bridgehead atoms. The van der Waals surface area contributed by atoms with Gasteiger partial charge in [0.2, 0.25) is 6.10 Å². The lowest BCUT2D eigenvalue weighted by molar-refractivity contribution is -0.167. The van der Waals surface area contributed by atoms with E-state index < -0.39 is 42.8 Å². The van der Waals surface area contributed by atoms with E-state index >= 15 is 0 Å². The molecule has 0 spiro atoms. The number of anilines is 2. The molecular weight excluding hydrogens is 460 g/mol. The van der Waals surface area contributed by atoms with Gasteiger partial charge in [-0.3, -0.25) is 23.9 Å². The number of benzene rings is 2. The van der Waals surface area contributed by atoms with Crippen LogP contribution in [-0.4, -0.2) is 60.3 Å². The summed E-state index contributed by atoms with van der Waals surface area (Å²) in [6, 6.07) is 12.0. The fourth-order valence-corrected chi connectivity index (χ4v) is 3.50. The highest BCUT2D eigenvalue weighted by Crippen LogP contribution is 2.26. The maximum Gasteiger partial charge on any atom is 0.439 e. The molecule has 1 aliphatic heterocycles. The number of nitrogens with zero attached hydrogens (tertiary/aromatic N) is 2. The first-order valence-electron chi connectivity index (χ1n) is 11.9. The summed E-state index contributed by atoms with van der Waals surface area (Å²) in [7, 11) is -2.68. The Morgan fingerprint density at radius 2 is 2.06 bits per heavy atom. The molecule has 35 heavy (non-hydrogen) atoms. The lowest BCUT2D eigenvalue weighted by Crippen LogP contribution is -2.56. The van der Waals surface area contributed by atoms with Crippen LogP contribution in [0, 0.1) is 0 Å². The molecule has 0 saturated carbocycles. The summed E-state index contributed by atoms with van der Waals surface area (Å²) in [5.41, 5.74) is 1.13. The van der Waals surface area contributed by atoms with Gasteiger partial charge in [0, 0.05) is 36.5 Å². The van der Waals surface area contributed by atoms with Gasteiger partial charge in [-0.05, 0) is 36.4 Å². The van der Waals surface area contributed by atoms with Gasteiger partial charge in [-0.25, -0.2) is 4.79 Å². The molecule has 2 amide bonds. The van der Waals surface area contributed by atoms with E-state index in [-0.39, 0.29) is 24.7 Å². The zero-order valence-electron chi connectivity index (χ0n) is 21.3. The second-order valence-corrected chi connectivity index (χ2v) is 7.42. The molecule has 1 fully saturated rings. The number of hydrogen-bond donors (Lipinski definition) is 2. The number of H-pyrrole nitrogens is 1. The zero-order chi connectivity index (χ0) is 27.4. The molecule has 2 atom stereocenters. The van der Waals surface area contributed by atoms with Crippen LogP contribution in [0.4, 0.5) is 11.4 Å². The van der Waals surface area contributed by atoms with Crippen molar-refractivity contribution in [3.05, 3.63) is 59.1 Å². The van der Waals surface area contributed by atoms with Crippen molar-refractivity contribution in [3.8, 4) is 17.1 Å². The van der Waals surface area contributed by atoms with E-state index in [1.54, 1.807) is 18.2 Å². The minimum Gasteiger partial charge on any atom is -0.497 e. The highest BCUT2D eigenvalue weighted by atomic mass is 16.6. The van der Waals surface area contributed by atoms with Crippen molar-refractivity contribution >= 4 is 29.2 Å². The molecule has 2 aromatic carbocycles. The number of methoxy groups -OCH3 is 1. The van der Waals surface area contributed by atoms with Gasteiger partial charge in [-0.2, -0.15) is 0 Å². The van der Waals surface area contributed by atoms with Crippen LogP contribution in [0.1, 0.15) is 11.0 Å². The highest BCUT2D eigenvalue weighted by molar-refractivity contribution is 6.04. The van der Waals surface area contributed by atoms with Gasteiger partial charge >= 0.3 is 11.7 Å². The molecule has 3 aromatic rings. The molecule has 12 nitrogen and oxygen atoms in total. The Morgan fingerprint density at radius 3 is 2.74 bits per heavy atom. The van der Waals surface area contributed by atoms with Crippen LogP contribution in [0.2, 0.25) is 0 Å². The number of nitrogens with one attached hydrogen (secondary N) is 2. The molecule has 1 aliphatic rings. The summed E-state index contributed by atoms with van der Waals surface area (Å²) < 4.78 is 41.9. The lowest BCUT2D eigenvalue weighted by Gasteiger charge is -2.35. The molecule has 0 aliphatic carbocycles. The van der Waals surface area contributed by atoms with E-state index in [0.717, 1.165) is 6.92 Å². The predicted octanol–water partition coefficient (Wildman–Crippen LogP) is 1.34. The van der Waals surface area contributed by atoms with Crippen molar-refractivity contribution < 1.29 is 37.2 Å². The summed E-state index contributed by atoms with van der Waals surface area (Å²) in [6.45, 7) is 1.21. The molecule has 4 rings (SSSR count). The van der Waals surface area contributed by atoms with Crippen LogP contribution in [0.15, 0.2) is 57.8 Å². The average molecular weight is 485 g/mol. The maximum atomic E-state index is 13.3. The van der Waals surface area contributed by atoms with Crippen LogP contribution in [0.3, 0.4) is 0 Å². The number of ether oxygens (including phenoxy) is 3. The molecule has 0 unspecified atom stereocenters. The number of esters is 1. The molecule has 0 radical (unpaired) electrons. The molecular formula is C23H22N4O8. The third-order valence-corrected chi connectivity index (χ3v) is 5.06. The monoisotopic (exact) mass is 485 g/mol. The first-order valence-corrected chi connectivity index (χ1v) is 10.4. The van der Waals surface area contributed by atoms with Crippen LogP contribution >= 0.6 is 0 Å². The van der Waals surface area contributed by atoms with E-state index in [2.05, 4.69) is 20.0 Å². The Bertz CT molecular complexity index is 1390. The molecule has 12 heteroatoms. The lowest BCUT2D eigenvalue weighted by atomic mass is 10.1. The molecule has 1 saturated heterocycles. The standard InChI is InChI=1S/C23H22N4O8/c1-13(28)34-18(19-22(30)27(10-11-33-19)16-4-3-5-17(12-16)32-2)21(29)24-15-8-6-14(7-9-15)20-25-23(31)35-26-20/h3-9,12,18-19H,10-11H2,1-2H3,(H,24,29)(H,25,26,31)/t18-,19-/m1/s1/i2D3. The van der Waals surface area contributed by atoms with Gasteiger partial charge in [-0.1, -0.05) is 11.2 Å². The third-order valence-electron chi connectivity index (χ3n) is 5.06. The van der Waals surface area contributed by atoms with Crippen molar-refractivity contribution in [2.75, 3.05) is 30.4 Å². The number of hydrogen-bond acceptors (Lipinski definition) is 9. The molecule has 182 valence electrons. The Labute approximate surface area is 203 Å². The van der Waals surface area contributed by atoms with Crippen LogP contribution in [-0.2, 0) is 23.9 Å². The van der Waals surface area contributed by atoms with Crippen molar-refractivity contribution in [3.63, 3.8) is 0 Å². The smallest absolute Gasteiger partial charge is 0.439 e. The summed E-state index contributed by atoms with van der Waals surface area (Å²) in [4.78, 5) is 53.1. The second kappa shape index (κ2) is 10.2. The zero-order valence-corrected chi connectivity index (χ0v) is 18.3. The fraction of sp³-hybridized carbons (Fsp3) is 0.261. The van der Waals surface area contributed by atoms with E-state index in [4.69, 9.17) is 18.3 Å². The Balaban J connectivity index is 1.52. The van der Waals surface area contributed by atoms with Gasteiger partial charge in [0.25, 0.3) is 11.8 Å². The van der Waals surface area contributed by atoms with E-state index in [1.807, 2.05) is 0 Å². The summed E-state index contributed by atoms with van der Waals surface area (Å²) in [5, 5.41) is 6.15. The Kier molecular flexibility index (Phi) is 5.83. The quantitative estimate of drug-likeness (QED) is 0.472. The highest BCUT2D eigenvalue weighted by Gasteiger charge is 2.42. The van der Waals surface area contributed by atoms with Crippen molar-refractivity contribution in [1.82, 2.24) is 10.1 Å². The van der Waals surface area contributed by atoms with Gasteiger partial charge in [-0.15, -0.1) is 0 Å². The van der Waals surface area contributed by atoms with Crippen LogP contribution < -0.4 is 20.7 Å². The number of aromatic amines is 1. The first kappa shape index (κ1) is 20.0. The Hall–Kier alpha value is -4.45. The summed E-state index contributed by atoms with van der Waals surface area (Å²) in [5.74, 6) is -2.80. The van der Waals surface area contributed by atoms with Gasteiger partial charge in [0.05, 0.1) is 17.8 Å². The first-order chi connectivity index (χ1) is 18.0. The summed E-state index contributed by atoms with van der Waals surface area (Å²) in [6.07, 6.45) is -3.10. The second-order valence-electron chi connectivity index (χ2n) is 7.42. The fourth-order valence-electron chi connectivity index (χ4n) is 3.50. The number of carbonyl (C=O) groups is 3. The van der Waals surface area contributed by atoms with Gasteiger partial charge in [0.15, 0.2) is 11.9 Å². The van der Waals surface area contributed by atoms with Crippen LogP contribution in [0.25, 0.3) is 11.4 Å². The minimum absolute atomic E-state index is 0.0103.